The second kappa shape index (κ2) is 4.23. The van der Waals surface area contributed by atoms with Crippen LogP contribution in [0.4, 0.5) is 0 Å². The van der Waals surface area contributed by atoms with Gasteiger partial charge in [0.2, 0.25) is 0 Å². The SMILES string of the molecule is C=CC[SiH2]C1([SiH3])CCCCO1. The van der Waals surface area contributed by atoms with Crippen molar-refractivity contribution in [2.45, 2.75) is 30.2 Å². The maximum atomic E-state index is 5.84. The number of rotatable bonds is 3. The topological polar surface area (TPSA) is 9.23 Å². The molecular formula is C8H18OSi2. The third kappa shape index (κ3) is 2.93. The van der Waals surface area contributed by atoms with Gasteiger partial charge in [-0.1, -0.05) is 6.08 Å². The van der Waals surface area contributed by atoms with Gasteiger partial charge in [0.25, 0.3) is 0 Å². The molecule has 0 spiro atoms. The van der Waals surface area contributed by atoms with Crippen molar-refractivity contribution in [1.29, 1.82) is 0 Å². The Labute approximate surface area is 74.5 Å². The molecule has 1 unspecified atom stereocenters. The molecule has 0 N–H and O–H groups in total. The van der Waals surface area contributed by atoms with Crippen molar-refractivity contribution in [2.24, 2.45) is 0 Å². The maximum Gasteiger partial charge on any atom is 0.0578 e. The molecule has 64 valence electrons. The molecule has 0 saturated carbocycles. The number of allylic oxidation sites excluding steroid dienone is 1. The lowest BCUT2D eigenvalue weighted by atomic mass is 10.2. The van der Waals surface area contributed by atoms with E-state index in [0.717, 1.165) is 6.61 Å². The fourth-order valence-corrected chi connectivity index (χ4v) is 4.62. The summed E-state index contributed by atoms with van der Waals surface area (Å²) in [4.78, 5) is 0.437. The van der Waals surface area contributed by atoms with Crippen LogP contribution in [-0.4, -0.2) is 31.2 Å². The zero-order valence-corrected chi connectivity index (χ0v) is 10.8. The summed E-state index contributed by atoms with van der Waals surface area (Å²) in [6, 6.07) is 1.25. The monoisotopic (exact) mass is 186 g/mol. The Morgan fingerprint density at radius 1 is 1.64 bits per heavy atom. The van der Waals surface area contributed by atoms with Crippen molar-refractivity contribution < 1.29 is 4.74 Å². The quantitative estimate of drug-likeness (QED) is 0.445. The molecule has 1 heterocycles. The van der Waals surface area contributed by atoms with Crippen molar-refractivity contribution in [3.05, 3.63) is 12.7 Å². The third-order valence-electron chi connectivity index (χ3n) is 2.43. The number of ether oxygens (including phenoxy) is 1. The molecule has 0 amide bonds. The third-order valence-corrected chi connectivity index (χ3v) is 7.03. The van der Waals surface area contributed by atoms with Crippen molar-refractivity contribution in [1.82, 2.24) is 0 Å². The van der Waals surface area contributed by atoms with Crippen LogP contribution in [0, 0.1) is 0 Å². The lowest BCUT2D eigenvalue weighted by Gasteiger charge is -2.33. The van der Waals surface area contributed by atoms with E-state index in [-0.39, 0.29) is 9.52 Å². The first-order valence-corrected chi connectivity index (χ1v) is 7.22. The Kier molecular flexibility index (Phi) is 3.55. The minimum atomic E-state index is -0.00949. The smallest absolute Gasteiger partial charge is 0.0578 e. The molecule has 0 bridgehead atoms. The van der Waals surface area contributed by atoms with Gasteiger partial charge in [0.05, 0.1) is 9.52 Å². The molecule has 3 heteroatoms. The van der Waals surface area contributed by atoms with E-state index in [0.29, 0.717) is 4.85 Å². The van der Waals surface area contributed by atoms with Crippen molar-refractivity contribution >= 4 is 19.8 Å². The van der Waals surface area contributed by atoms with Gasteiger partial charge in [0.15, 0.2) is 0 Å². The van der Waals surface area contributed by atoms with Crippen LogP contribution in [0.25, 0.3) is 0 Å². The second-order valence-corrected chi connectivity index (χ2v) is 9.39. The molecule has 1 aliphatic heterocycles. The van der Waals surface area contributed by atoms with Crippen LogP contribution in [0.3, 0.4) is 0 Å². The first-order chi connectivity index (χ1) is 5.27. The fourth-order valence-electron chi connectivity index (χ4n) is 1.60. The van der Waals surface area contributed by atoms with Gasteiger partial charge in [0, 0.05) is 21.7 Å². The van der Waals surface area contributed by atoms with Gasteiger partial charge in [-0.15, -0.1) is 6.58 Å². The summed E-state index contributed by atoms with van der Waals surface area (Å²) in [5.74, 6) is 0. The highest BCUT2D eigenvalue weighted by atomic mass is 28.2. The molecule has 0 aromatic rings. The zero-order valence-electron chi connectivity index (χ0n) is 7.44. The van der Waals surface area contributed by atoms with E-state index in [1.54, 1.807) is 0 Å². The van der Waals surface area contributed by atoms with Crippen molar-refractivity contribution in [2.75, 3.05) is 6.61 Å². The van der Waals surface area contributed by atoms with E-state index < -0.39 is 0 Å². The van der Waals surface area contributed by atoms with E-state index in [2.05, 4.69) is 12.7 Å². The molecule has 1 rings (SSSR count). The molecule has 0 aromatic carbocycles. The first kappa shape index (κ1) is 9.22. The molecule has 1 nitrogen and oxygen atoms in total. The summed E-state index contributed by atoms with van der Waals surface area (Å²) in [7, 11) is 1.23. The molecule has 1 aliphatic rings. The van der Waals surface area contributed by atoms with Gasteiger partial charge < -0.3 is 4.74 Å². The molecule has 11 heavy (non-hydrogen) atoms. The van der Waals surface area contributed by atoms with E-state index in [4.69, 9.17) is 4.74 Å². The van der Waals surface area contributed by atoms with E-state index in [1.165, 1.54) is 35.5 Å². The van der Waals surface area contributed by atoms with Crippen LogP contribution in [0.1, 0.15) is 19.3 Å². The second-order valence-electron chi connectivity index (χ2n) is 3.58. The summed E-state index contributed by atoms with van der Waals surface area (Å²) < 4.78 is 5.84. The van der Waals surface area contributed by atoms with E-state index in [1.807, 2.05) is 0 Å². The summed E-state index contributed by atoms with van der Waals surface area (Å²) in [6.45, 7) is 4.79. The molecule has 1 fully saturated rings. The van der Waals surface area contributed by atoms with Crippen molar-refractivity contribution in [3.8, 4) is 0 Å². The molecule has 1 saturated heterocycles. The molecular weight excluding hydrogens is 168 g/mol. The average Bonchev–Trinajstić information content (AvgIpc) is 2.03. The van der Waals surface area contributed by atoms with Crippen LogP contribution in [-0.2, 0) is 4.74 Å². The highest BCUT2D eigenvalue weighted by molar-refractivity contribution is 6.53. The Morgan fingerprint density at radius 2 is 2.45 bits per heavy atom. The Bertz CT molecular complexity index is 130. The molecule has 0 aromatic heterocycles. The largest absolute Gasteiger partial charge is 0.383 e. The Balaban J connectivity index is 2.30. The summed E-state index contributed by atoms with van der Waals surface area (Å²) in [6.07, 6.45) is 6.09. The van der Waals surface area contributed by atoms with Crippen molar-refractivity contribution in [3.63, 3.8) is 0 Å². The lowest BCUT2D eigenvalue weighted by molar-refractivity contribution is 0.0358. The van der Waals surface area contributed by atoms with Gasteiger partial charge in [-0.2, -0.15) is 0 Å². The molecule has 1 atom stereocenters. The Hall–Kier alpha value is 0.134. The minimum absolute atomic E-state index is 0.00949. The predicted molar refractivity (Wildman–Crippen MR) is 56.0 cm³/mol. The number of hydrogen-bond acceptors (Lipinski definition) is 1. The fraction of sp³-hybridized carbons (Fsp3) is 0.750. The zero-order chi connectivity index (χ0) is 8.16. The van der Waals surface area contributed by atoms with Crippen LogP contribution < -0.4 is 0 Å². The highest BCUT2D eigenvalue weighted by Crippen LogP contribution is 2.21. The van der Waals surface area contributed by atoms with Gasteiger partial charge in [-0.05, 0) is 25.3 Å². The van der Waals surface area contributed by atoms with Crippen LogP contribution >= 0.6 is 0 Å². The number of hydrogen-bond donors (Lipinski definition) is 0. The minimum Gasteiger partial charge on any atom is -0.383 e. The lowest BCUT2D eigenvalue weighted by Crippen LogP contribution is -2.42. The van der Waals surface area contributed by atoms with Gasteiger partial charge in [0.1, 0.15) is 0 Å². The van der Waals surface area contributed by atoms with Gasteiger partial charge in [-0.3, -0.25) is 0 Å². The van der Waals surface area contributed by atoms with E-state index >= 15 is 0 Å². The summed E-state index contributed by atoms with van der Waals surface area (Å²) in [5, 5.41) is 0. The Morgan fingerprint density at radius 3 is 3.00 bits per heavy atom. The molecule has 0 aliphatic carbocycles. The molecule has 0 radical (unpaired) electrons. The van der Waals surface area contributed by atoms with Crippen LogP contribution in [0.15, 0.2) is 12.7 Å². The first-order valence-electron chi connectivity index (χ1n) is 4.52. The average molecular weight is 186 g/mol. The highest BCUT2D eigenvalue weighted by Gasteiger charge is 2.26. The van der Waals surface area contributed by atoms with Gasteiger partial charge in [-0.25, -0.2) is 0 Å². The van der Waals surface area contributed by atoms with Crippen LogP contribution in [0.2, 0.25) is 6.04 Å². The van der Waals surface area contributed by atoms with Crippen LogP contribution in [0.5, 0.6) is 0 Å². The summed E-state index contributed by atoms with van der Waals surface area (Å²) >= 11 is 0. The van der Waals surface area contributed by atoms with Gasteiger partial charge >= 0.3 is 0 Å². The standard InChI is InChI=1S/C8H18OSi2/c1-2-7-11-8(10)5-3-4-6-9-8/h2H,1,3-7,11H2,10H3. The normalized spacial score (nSPS) is 33.1. The van der Waals surface area contributed by atoms with E-state index in [9.17, 15) is 0 Å². The maximum absolute atomic E-state index is 5.84. The predicted octanol–water partition coefficient (Wildman–Crippen LogP) is -0.0208. The summed E-state index contributed by atoms with van der Waals surface area (Å²) in [5.41, 5.74) is 0.